The number of aliphatic hydroxyl groups is 1. The fourth-order valence-electron chi connectivity index (χ4n) is 2.24. The molecule has 2 amide bonds. The van der Waals surface area contributed by atoms with Crippen LogP contribution in [-0.4, -0.2) is 63.3 Å². The molecule has 104 valence electrons. The third-order valence-electron chi connectivity index (χ3n) is 3.14. The van der Waals surface area contributed by atoms with E-state index in [0.29, 0.717) is 6.54 Å². The Morgan fingerprint density at radius 3 is 2.50 bits per heavy atom. The summed E-state index contributed by atoms with van der Waals surface area (Å²) in [7, 11) is 0. The lowest BCUT2D eigenvalue weighted by atomic mass is 10.2. The fraction of sp³-hybridized carbons (Fsp3) is 0.833. The van der Waals surface area contributed by atoms with Crippen LogP contribution < -0.4 is 0 Å². The molecule has 0 unspecified atom stereocenters. The number of carbonyl (C=O) groups excluding carboxylic acids is 1. The van der Waals surface area contributed by atoms with Gasteiger partial charge in [-0.15, -0.1) is 0 Å². The minimum Gasteiger partial charge on any atom is -0.480 e. The summed E-state index contributed by atoms with van der Waals surface area (Å²) in [6, 6.07) is -1.19. The Kier molecular flexibility index (Phi) is 4.95. The third-order valence-corrected chi connectivity index (χ3v) is 3.14. The number of urea groups is 1. The second kappa shape index (κ2) is 6.04. The maximum atomic E-state index is 12.3. The third kappa shape index (κ3) is 3.13. The number of β-amino-alcohol motifs (C(OH)–C–C–N with tert-alkyl or cyclic N) is 1. The van der Waals surface area contributed by atoms with E-state index in [-0.39, 0.29) is 25.0 Å². The summed E-state index contributed by atoms with van der Waals surface area (Å²) in [5, 5.41) is 18.6. The van der Waals surface area contributed by atoms with E-state index < -0.39 is 18.1 Å². The van der Waals surface area contributed by atoms with Crippen LogP contribution in [0, 0.1) is 0 Å². The second-order valence-electron chi connectivity index (χ2n) is 4.97. The number of hydrogen-bond acceptors (Lipinski definition) is 3. The van der Waals surface area contributed by atoms with Gasteiger partial charge in [-0.2, -0.15) is 0 Å². The van der Waals surface area contributed by atoms with Gasteiger partial charge in [-0.1, -0.05) is 6.92 Å². The highest BCUT2D eigenvalue weighted by atomic mass is 16.4. The van der Waals surface area contributed by atoms with E-state index >= 15 is 0 Å². The lowest BCUT2D eigenvalue weighted by molar-refractivity contribution is -0.141. The molecule has 1 aliphatic heterocycles. The van der Waals surface area contributed by atoms with E-state index in [0.717, 1.165) is 6.42 Å². The van der Waals surface area contributed by atoms with Crippen molar-refractivity contribution in [1.29, 1.82) is 0 Å². The topological polar surface area (TPSA) is 81.1 Å². The van der Waals surface area contributed by atoms with Crippen molar-refractivity contribution >= 4 is 12.0 Å². The molecule has 1 saturated heterocycles. The van der Waals surface area contributed by atoms with Crippen LogP contribution in [0.3, 0.4) is 0 Å². The first kappa shape index (κ1) is 14.8. The summed E-state index contributed by atoms with van der Waals surface area (Å²) in [5.74, 6) is -1.06. The SMILES string of the molecule is CCCN(C(=O)N1C[C@H](O)C[C@@H]1C(=O)O)C(C)C. The average Bonchev–Trinajstić information content (AvgIpc) is 2.67. The lowest BCUT2D eigenvalue weighted by Gasteiger charge is -2.32. The van der Waals surface area contributed by atoms with E-state index in [1.807, 2.05) is 20.8 Å². The number of amides is 2. The van der Waals surface area contributed by atoms with Crippen LogP contribution in [0.5, 0.6) is 0 Å². The zero-order valence-corrected chi connectivity index (χ0v) is 11.2. The standard InChI is InChI=1S/C12H22N2O4/c1-4-5-13(8(2)3)12(18)14-7-9(15)6-10(14)11(16)17/h8-10,15H,4-7H2,1-3H3,(H,16,17)/t9-,10-/m1/s1. The quantitative estimate of drug-likeness (QED) is 0.779. The molecular formula is C12H22N2O4. The highest BCUT2D eigenvalue weighted by Gasteiger charge is 2.40. The number of carboxylic acids is 1. The molecule has 0 bridgehead atoms. The van der Waals surface area contributed by atoms with E-state index in [9.17, 15) is 14.7 Å². The van der Waals surface area contributed by atoms with Crippen LogP contribution in [-0.2, 0) is 4.79 Å². The number of aliphatic carboxylic acids is 1. The van der Waals surface area contributed by atoms with Crippen molar-refractivity contribution in [2.24, 2.45) is 0 Å². The largest absolute Gasteiger partial charge is 0.480 e. The molecule has 0 aromatic heterocycles. The molecular weight excluding hydrogens is 236 g/mol. The maximum Gasteiger partial charge on any atom is 0.326 e. The number of aliphatic hydroxyl groups excluding tert-OH is 1. The molecule has 0 saturated carbocycles. The van der Waals surface area contributed by atoms with Crippen molar-refractivity contribution < 1.29 is 19.8 Å². The van der Waals surface area contributed by atoms with Gasteiger partial charge in [0.2, 0.25) is 0 Å². The Hall–Kier alpha value is -1.30. The van der Waals surface area contributed by atoms with E-state index in [1.54, 1.807) is 4.90 Å². The van der Waals surface area contributed by atoms with Gasteiger partial charge in [0.1, 0.15) is 6.04 Å². The van der Waals surface area contributed by atoms with Crippen molar-refractivity contribution in [3.05, 3.63) is 0 Å². The summed E-state index contributed by atoms with van der Waals surface area (Å²) in [5.41, 5.74) is 0. The molecule has 1 heterocycles. The first-order valence-electron chi connectivity index (χ1n) is 6.36. The van der Waals surface area contributed by atoms with Crippen LogP contribution in [0.2, 0.25) is 0 Å². The Bertz CT molecular complexity index is 319. The number of carbonyl (C=O) groups is 2. The first-order valence-corrected chi connectivity index (χ1v) is 6.36. The second-order valence-corrected chi connectivity index (χ2v) is 4.97. The molecule has 2 atom stereocenters. The van der Waals surface area contributed by atoms with E-state index in [1.165, 1.54) is 4.90 Å². The molecule has 6 nitrogen and oxygen atoms in total. The van der Waals surface area contributed by atoms with Crippen molar-refractivity contribution in [3.63, 3.8) is 0 Å². The number of likely N-dealkylation sites (tertiary alicyclic amines) is 1. The van der Waals surface area contributed by atoms with E-state index in [4.69, 9.17) is 5.11 Å². The van der Waals surface area contributed by atoms with Crippen molar-refractivity contribution in [2.75, 3.05) is 13.1 Å². The Morgan fingerprint density at radius 2 is 2.06 bits per heavy atom. The van der Waals surface area contributed by atoms with Crippen LogP contribution in [0.25, 0.3) is 0 Å². The molecule has 0 spiro atoms. The number of nitrogens with zero attached hydrogens (tertiary/aromatic N) is 2. The van der Waals surface area contributed by atoms with Gasteiger partial charge in [0.15, 0.2) is 0 Å². The first-order chi connectivity index (χ1) is 8.38. The molecule has 1 fully saturated rings. The number of rotatable bonds is 4. The minimum absolute atomic E-state index is 0.0182. The number of carboxylic acid groups (broad SMARTS) is 1. The molecule has 2 N–H and O–H groups in total. The summed E-state index contributed by atoms with van der Waals surface area (Å²) in [6.45, 7) is 6.46. The average molecular weight is 258 g/mol. The number of hydrogen-bond donors (Lipinski definition) is 2. The molecule has 6 heteroatoms. The molecule has 0 aromatic carbocycles. The maximum absolute atomic E-state index is 12.3. The Balaban J connectivity index is 2.83. The highest BCUT2D eigenvalue weighted by Crippen LogP contribution is 2.21. The zero-order chi connectivity index (χ0) is 13.9. The van der Waals surface area contributed by atoms with Gasteiger partial charge < -0.3 is 20.0 Å². The lowest BCUT2D eigenvalue weighted by Crippen LogP contribution is -2.50. The van der Waals surface area contributed by atoms with Crippen molar-refractivity contribution in [3.8, 4) is 0 Å². The monoisotopic (exact) mass is 258 g/mol. The Morgan fingerprint density at radius 1 is 1.44 bits per heavy atom. The molecule has 1 aliphatic rings. The molecule has 18 heavy (non-hydrogen) atoms. The summed E-state index contributed by atoms with van der Waals surface area (Å²) >= 11 is 0. The van der Waals surface area contributed by atoms with Gasteiger partial charge in [0.25, 0.3) is 0 Å². The zero-order valence-electron chi connectivity index (χ0n) is 11.2. The molecule has 0 aromatic rings. The molecule has 1 rings (SSSR count). The smallest absolute Gasteiger partial charge is 0.326 e. The summed E-state index contributed by atoms with van der Waals surface area (Å²) in [4.78, 5) is 26.3. The van der Waals surface area contributed by atoms with Crippen LogP contribution in [0.4, 0.5) is 4.79 Å². The summed E-state index contributed by atoms with van der Waals surface area (Å²) in [6.07, 6.45) is 0.183. The van der Waals surface area contributed by atoms with Gasteiger partial charge in [-0.25, -0.2) is 9.59 Å². The minimum atomic E-state index is -1.06. The molecule has 0 radical (unpaired) electrons. The van der Waals surface area contributed by atoms with Gasteiger partial charge in [0.05, 0.1) is 6.10 Å². The van der Waals surface area contributed by atoms with Gasteiger partial charge in [0, 0.05) is 25.6 Å². The van der Waals surface area contributed by atoms with Gasteiger partial charge in [-0.3, -0.25) is 0 Å². The van der Waals surface area contributed by atoms with E-state index in [2.05, 4.69) is 0 Å². The normalized spacial score (nSPS) is 23.5. The Labute approximate surface area is 107 Å². The predicted octanol–water partition coefficient (Wildman–Crippen LogP) is 0.747. The van der Waals surface area contributed by atoms with Crippen LogP contribution in [0.1, 0.15) is 33.6 Å². The van der Waals surface area contributed by atoms with Crippen LogP contribution >= 0.6 is 0 Å². The van der Waals surface area contributed by atoms with Gasteiger partial charge in [-0.05, 0) is 20.3 Å². The molecule has 0 aliphatic carbocycles. The summed E-state index contributed by atoms with van der Waals surface area (Å²) < 4.78 is 0. The van der Waals surface area contributed by atoms with Crippen molar-refractivity contribution in [1.82, 2.24) is 9.80 Å². The van der Waals surface area contributed by atoms with Gasteiger partial charge >= 0.3 is 12.0 Å². The van der Waals surface area contributed by atoms with Crippen LogP contribution in [0.15, 0.2) is 0 Å². The predicted molar refractivity (Wildman–Crippen MR) is 66.3 cm³/mol. The fourth-order valence-corrected chi connectivity index (χ4v) is 2.24. The highest BCUT2D eigenvalue weighted by molar-refractivity contribution is 5.83. The van der Waals surface area contributed by atoms with Crippen molar-refractivity contribution in [2.45, 2.75) is 51.8 Å².